The largest absolute Gasteiger partial charge is 0.154 e. The lowest BCUT2D eigenvalue weighted by Crippen LogP contribution is -1.96. The third kappa shape index (κ3) is 4.61. The topological polar surface area (TPSA) is 25.8 Å². The van der Waals surface area contributed by atoms with Crippen molar-refractivity contribution in [2.24, 2.45) is 0 Å². The van der Waals surface area contributed by atoms with Gasteiger partial charge in [-0.2, -0.15) is 5.10 Å². The van der Waals surface area contributed by atoms with Crippen molar-refractivity contribution in [3.63, 3.8) is 0 Å². The predicted molar refractivity (Wildman–Crippen MR) is 96.9 cm³/mol. The van der Waals surface area contributed by atoms with Gasteiger partial charge in [0, 0.05) is 26.4 Å². The van der Waals surface area contributed by atoms with Crippen molar-refractivity contribution >= 4 is 46.6 Å². The third-order valence-electron chi connectivity index (χ3n) is 3.10. The molecule has 0 N–H and O–H groups in total. The van der Waals surface area contributed by atoms with Crippen LogP contribution in [0.5, 0.6) is 0 Å². The smallest absolute Gasteiger partial charge is 0.124 e. The Bertz CT molecular complexity index is 822. The summed E-state index contributed by atoms with van der Waals surface area (Å²) < 4.78 is 0. The van der Waals surface area contributed by atoms with Crippen molar-refractivity contribution in [2.75, 3.05) is 0 Å². The predicted octanol–water partition coefficient (Wildman–Crippen LogP) is 6.18. The molecule has 0 aliphatic carbocycles. The highest BCUT2D eigenvalue weighted by Gasteiger charge is 2.06. The van der Waals surface area contributed by atoms with E-state index in [0.717, 1.165) is 21.2 Å². The van der Waals surface area contributed by atoms with E-state index in [1.54, 1.807) is 6.07 Å². The minimum atomic E-state index is 0.616. The molecule has 0 aliphatic rings. The SMILES string of the molecule is Clc1cccc(Sc2ccc(Cc3ccc(Cl)cc3Cl)nn2)c1. The summed E-state index contributed by atoms with van der Waals surface area (Å²) in [6.07, 6.45) is 0.616. The molecule has 2 nitrogen and oxygen atoms in total. The van der Waals surface area contributed by atoms with Crippen LogP contribution in [0.4, 0.5) is 0 Å². The highest BCUT2D eigenvalue weighted by atomic mass is 35.5. The number of benzene rings is 2. The van der Waals surface area contributed by atoms with E-state index in [2.05, 4.69) is 10.2 Å². The van der Waals surface area contributed by atoms with Crippen molar-refractivity contribution in [1.82, 2.24) is 10.2 Å². The first kappa shape index (κ1) is 16.6. The first-order valence-electron chi connectivity index (χ1n) is 6.80. The van der Waals surface area contributed by atoms with E-state index in [1.165, 1.54) is 11.8 Å². The monoisotopic (exact) mass is 380 g/mol. The molecule has 6 heteroatoms. The Hall–Kier alpha value is -1.26. The van der Waals surface area contributed by atoms with Crippen molar-refractivity contribution in [3.05, 3.63) is 80.9 Å². The first-order valence-corrected chi connectivity index (χ1v) is 8.75. The minimum Gasteiger partial charge on any atom is -0.154 e. The van der Waals surface area contributed by atoms with Crippen LogP contribution in [-0.4, -0.2) is 10.2 Å². The Kier molecular flexibility index (Phi) is 5.44. The number of halogens is 3. The number of hydrogen-bond donors (Lipinski definition) is 0. The highest BCUT2D eigenvalue weighted by molar-refractivity contribution is 7.99. The van der Waals surface area contributed by atoms with Crippen LogP contribution in [0.2, 0.25) is 15.1 Å². The molecule has 116 valence electrons. The van der Waals surface area contributed by atoms with Crippen LogP contribution in [0.3, 0.4) is 0 Å². The molecule has 0 aliphatic heterocycles. The van der Waals surface area contributed by atoms with Crippen molar-refractivity contribution in [3.8, 4) is 0 Å². The van der Waals surface area contributed by atoms with E-state index >= 15 is 0 Å². The van der Waals surface area contributed by atoms with Crippen LogP contribution >= 0.6 is 46.6 Å². The Morgan fingerprint density at radius 3 is 2.35 bits per heavy atom. The summed E-state index contributed by atoms with van der Waals surface area (Å²) in [6, 6.07) is 17.0. The second-order valence-electron chi connectivity index (χ2n) is 4.83. The van der Waals surface area contributed by atoms with Gasteiger partial charge in [-0.05, 0) is 48.0 Å². The zero-order chi connectivity index (χ0) is 16.2. The molecule has 23 heavy (non-hydrogen) atoms. The number of rotatable bonds is 4. The lowest BCUT2D eigenvalue weighted by molar-refractivity contribution is 0.869. The molecular formula is C17H11Cl3N2S. The Labute approximate surface area is 153 Å². The summed E-state index contributed by atoms with van der Waals surface area (Å²) >= 11 is 19.6. The van der Waals surface area contributed by atoms with E-state index in [9.17, 15) is 0 Å². The van der Waals surface area contributed by atoms with Gasteiger partial charge in [-0.1, -0.05) is 58.7 Å². The fraction of sp³-hybridized carbons (Fsp3) is 0.0588. The van der Waals surface area contributed by atoms with E-state index < -0.39 is 0 Å². The molecule has 3 aromatic rings. The summed E-state index contributed by atoms with van der Waals surface area (Å²) in [5.74, 6) is 0. The highest BCUT2D eigenvalue weighted by Crippen LogP contribution is 2.28. The maximum atomic E-state index is 6.18. The number of nitrogens with zero attached hydrogens (tertiary/aromatic N) is 2. The molecular weight excluding hydrogens is 371 g/mol. The Balaban J connectivity index is 1.72. The molecule has 1 aromatic heterocycles. The summed E-state index contributed by atoms with van der Waals surface area (Å²) in [5.41, 5.74) is 1.82. The lowest BCUT2D eigenvalue weighted by Gasteiger charge is -2.05. The Morgan fingerprint density at radius 2 is 1.65 bits per heavy atom. The summed E-state index contributed by atoms with van der Waals surface area (Å²) in [6.45, 7) is 0. The van der Waals surface area contributed by atoms with Crippen LogP contribution < -0.4 is 0 Å². The molecule has 0 saturated carbocycles. The minimum absolute atomic E-state index is 0.616. The van der Waals surface area contributed by atoms with E-state index in [-0.39, 0.29) is 0 Å². The van der Waals surface area contributed by atoms with Gasteiger partial charge >= 0.3 is 0 Å². The second kappa shape index (κ2) is 7.54. The molecule has 1 heterocycles. The van der Waals surface area contributed by atoms with Gasteiger partial charge in [0.2, 0.25) is 0 Å². The van der Waals surface area contributed by atoms with Crippen LogP contribution in [-0.2, 0) is 6.42 Å². The summed E-state index contributed by atoms with van der Waals surface area (Å²) in [4.78, 5) is 1.03. The zero-order valence-electron chi connectivity index (χ0n) is 11.8. The molecule has 0 saturated heterocycles. The van der Waals surface area contributed by atoms with Gasteiger partial charge in [0.15, 0.2) is 0 Å². The molecule has 0 atom stereocenters. The van der Waals surface area contributed by atoms with Gasteiger partial charge in [-0.25, -0.2) is 0 Å². The molecule has 0 fully saturated rings. The number of aromatic nitrogens is 2. The fourth-order valence-electron chi connectivity index (χ4n) is 2.01. The average Bonchev–Trinajstić information content (AvgIpc) is 2.52. The van der Waals surface area contributed by atoms with Gasteiger partial charge < -0.3 is 0 Å². The van der Waals surface area contributed by atoms with Crippen LogP contribution in [0, 0.1) is 0 Å². The van der Waals surface area contributed by atoms with Crippen molar-refractivity contribution in [2.45, 2.75) is 16.3 Å². The summed E-state index contributed by atoms with van der Waals surface area (Å²) in [5, 5.41) is 11.3. The van der Waals surface area contributed by atoms with Crippen LogP contribution in [0.15, 0.2) is 64.5 Å². The lowest BCUT2D eigenvalue weighted by atomic mass is 10.1. The van der Waals surface area contributed by atoms with Crippen LogP contribution in [0.25, 0.3) is 0 Å². The second-order valence-corrected chi connectivity index (χ2v) is 7.21. The number of hydrogen-bond acceptors (Lipinski definition) is 3. The fourth-order valence-corrected chi connectivity index (χ4v) is 3.53. The molecule has 3 rings (SSSR count). The zero-order valence-corrected chi connectivity index (χ0v) is 14.9. The molecule has 0 radical (unpaired) electrons. The van der Waals surface area contributed by atoms with Crippen molar-refractivity contribution < 1.29 is 0 Å². The van der Waals surface area contributed by atoms with E-state index in [0.29, 0.717) is 21.5 Å². The molecule has 2 aromatic carbocycles. The standard InChI is InChI=1S/C17H11Cl3N2S/c18-12-2-1-3-15(9-12)23-17-7-6-14(21-22-17)8-11-4-5-13(19)10-16(11)20/h1-7,9-10H,8H2. The molecule has 0 amide bonds. The van der Waals surface area contributed by atoms with Gasteiger partial charge in [0.05, 0.1) is 5.69 Å². The first-order chi connectivity index (χ1) is 11.1. The Morgan fingerprint density at radius 1 is 0.826 bits per heavy atom. The third-order valence-corrected chi connectivity index (χ3v) is 4.84. The van der Waals surface area contributed by atoms with Crippen molar-refractivity contribution in [1.29, 1.82) is 0 Å². The molecule has 0 bridgehead atoms. The summed E-state index contributed by atoms with van der Waals surface area (Å²) in [7, 11) is 0. The maximum absolute atomic E-state index is 6.18. The van der Waals surface area contributed by atoms with E-state index in [4.69, 9.17) is 34.8 Å². The van der Waals surface area contributed by atoms with Crippen LogP contribution in [0.1, 0.15) is 11.3 Å². The van der Waals surface area contributed by atoms with Gasteiger partial charge in [-0.3, -0.25) is 0 Å². The quantitative estimate of drug-likeness (QED) is 0.539. The normalized spacial score (nSPS) is 10.7. The van der Waals surface area contributed by atoms with E-state index in [1.807, 2.05) is 48.5 Å². The molecule has 0 spiro atoms. The van der Waals surface area contributed by atoms with Gasteiger partial charge in [0.25, 0.3) is 0 Å². The average molecular weight is 382 g/mol. The maximum Gasteiger partial charge on any atom is 0.124 e. The van der Waals surface area contributed by atoms with Gasteiger partial charge in [-0.15, -0.1) is 5.10 Å². The molecule has 0 unspecified atom stereocenters. The van der Waals surface area contributed by atoms with Gasteiger partial charge in [0.1, 0.15) is 5.03 Å².